The Bertz CT molecular complexity index is 642. The van der Waals surface area contributed by atoms with Gasteiger partial charge in [0.15, 0.2) is 0 Å². The molecular formula is C32H67NO7P+. The molecular weight excluding hydrogens is 541 g/mol. The summed E-state index contributed by atoms with van der Waals surface area (Å²) in [6.45, 7) is 5.51. The van der Waals surface area contributed by atoms with Crippen LogP contribution in [0.4, 0.5) is 0 Å². The van der Waals surface area contributed by atoms with Crippen molar-refractivity contribution in [2.75, 3.05) is 54.1 Å². The molecule has 0 fully saturated rings. The molecule has 0 bridgehead atoms. The Hall–Kier alpha value is -0.500. The monoisotopic (exact) mass is 608 g/mol. The van der Waals surface area contributed by atoms with Gasteiger partial charge in [0.2, 0.25) is 0 Å². The number of hydrogen-bond donors (Lipinski definition) is 1. The van der Waals surface area contributed by atoms with Crippen molar-refractivity contribution < 1.29 is 37.3 Å². The second-order valence-corrected chi connectivity index (χ2v) is 14.0. The molecule has 2 unspecified atom stereocenters. The molecule has 0 spiro atoms. The highest BCUT2D eigenvalue weighted by molar-refractivity contribution is 7.47. The summed E-state index contributed by atoms with van der Waals surface area (Å²) < 4.78 is 34.4. The number of nitrogens with zero attached hydrogens (tertiary/aromatic N) is 1. The lowest BCUT2D eigenvalue weighted by molar-refractivity contribution is -0.870. The van der Waals surface area contributed by atoms with Gasteiger partial charge in [-0.05, 0) is 12.8 Å². The van der Waals surface area contributed by atoms with Gasteiger partial charge in [0, 0.05) is 13.0 Å². The summed E-state index contributed by atoms with van der Waals surface area (Å²) in [7, 11) is 1.67. The second-order valence-electron chi connectivity index (χ2n) is 12.6. The standard InChI is InChI=1S/C32H66NO7P/c1-6-8-10-12-13-14-15-16-17-18-19-20-21-22-24-27-37-29-31(40-32(34)25-23-11-9-7-2)30-39-41(35,36)38-28-26-33(3,4)5/h31H,6-30H2,1-5H3/p+1. The third-order valence-corrected chi connectivity index (χ3v) is 8.15. The van der Waals surface area contributed by atoms with Gasteiger partial charge in [-0.2, -0.15) is 0 Å². The molecule has 0 aliphatic heterocycles. The molecule has 0 heterocycles. The summed E-state index contributed by atoms with van der Waals surface area (Å²) in [6.07, 6.45) is 23.2. The summed E-state index contributed by atoms with van der Waals surface area (Å²) in [6, 6.07) is 0. The van der Waals surface area contributed by atoms with Crippen LogP contribution in [0.1, 0.15) is 142 Å². The Balaban J connectivity index is 4.10. The molecule has 0 aromatic carbocycles. The Morgan fingerprint density at radius 1 is 0.659 bits per heavy atom. The molecule has 9 heteroatoms. The van der Waals surface area contributed by atoms with E-state index in [2.05, 4.69) is 13.8 Å². The van der Waals surface area contributed by atoms with Crippen LogP contribution in [0, 0.1) is 0 Å². The van der Waals surface area contributed by atoms with E-state index in [0.717, 1.165) is 38.5 Å². The Kier molecular flexibility index (Phi) is 26.7. The number of likely N-dealkylation sites (N-methyl/N-ethyl adjacent to an activating group) is 1. The number of phosphoric acid groups is 1. The molecule has 41 heavy (non-hydrogen) atoms. The normalized spacial score (nSPS) is 14.2. The minimum Gasteiger partial charge on any atom is -0.457 e. The molecule has 246 valence electrons. The summed E-state index contributed by atoms with van der Waals surface area (Å²) in [5, 5.41) is 0. The molecule has 0 aliphatic carbocycles. The number of hydrogen-bond acceptors (Lipinski definition) is 6. The Labute approximate surface area is 253 Å². The maximum Gasteiger partial charge on any atom is 0.472 e. The average Bonchev–Trinajstić information content (AvgIpc) is 2.90. The SMILES string of the molecule is CCCCCCCCCCCCCCCCCOCC(COP(=O)(O)OCC[N+](C)(C)C)OC(=O)CCCCCC. The molecule has 2 atom stereocenters. The van der Waals surface area contributed by atoms with Gasteiger partial charge >= 0.3 is 13.8 Å². The molecule has 0 amide bonds. The number of rotatable bonds is 31. The van der Waals surface area contributed by atoms with Crippen molar-refractivity contribution in [3.8, 4) is 0 Å². The molecule has 0 saturated heterocycles. The lowest BCUT2D eigenvalue weighted by Crippen LogP contribution is -2.37. The van der Waals surface area contributed by atoms with Crippen molar-refractivity contribution in [3.05, 3.63) is 0 Å². The van der Waals surface area contributed by atoms with Gasteiger partial charge in [-0.1, -0.05) is 123 Å². The van der Waals surface area contributed by atoms with E-state index >= 15 is 0 Å². The van der Waals surface area contributed by atoms with E-state index in [0.29, 0.717) is 24.1 Å². The first-order valence-electron chi connectivity index (χ1n) is 16.8. The second kappa shape index (κ2) is 27.1. The van der Waals surface area contributed by atoms with Crippen LogP contribution in [0.5, 0.6) is 0 Å². The van der Waals surface area contributed by atoms with Crippen molar-refractivity contribution in [2.45, 2.75) is 148 Å². The maximum absolute atomic E-state index is 12.3. The summed E-state index contributed by atoms with van der Waals surface area (Å²) in [4.78, 5) is 22.3. The number of carbonyl (C=O) groups excluding carboxylic acids is 1. The van der Waals surface area contributed by atoms with Crippen LogP contribution in [-0.2, 0) is 27.9 Å². The van der Waals surface area contributed by atoms with Gasteiger partial charge in [-0.3, -0.25) is 13.8 Å². The third-order valence-electron chi connectivity index (χ3n) is 7.17. The molecule has 0 aromatic heterocycles. The highest BCUT2D eigenvalue weighted by Crippen LogP contribution is 2.43. The molecule has 0 saturated carbocycles. The van der Waals surface area contributed by atoms with Gasteiger partial charge in [0.1, 0.15) is 19.3 Å². The van der Waals surface area contributed by atoms with Crippen LogP contribution < -0.4 is 0 Å². The van der Waals surface area contributed by atoms with Crippen LogP contribution in [0.15, 0.2) is 0 Å². The maximum atomic E-state index is 12.3. The van der Waals surface area contributed by atoms with E-state index < -0.39 is 13.9 Å². The lowest BCUT2D eigenvalue weighted by Gasteiger charge is -2.24. The predicted molar refractivity (Wildman–Crippen MR) is 169 cm³/mol. The van der Waals surface area contributed by atoms with Crippen molar-refractivity contribution in [2.24, 2.45) is 0 Å². The van der Waals surface area contributed by atoms with Crippen molar-refractivity contribution in [3.63, 3.8) is 0 Å². The van der Waals surface area contributed by atoms with Crippen molar-refractivity contribution in [1.29, 1.82) is 0 Å². The minimum absolute atomic E-state index is 0.0921. The third kappa shape index (κ3) is 30.8. The number of ether oxygens (including phenoxy) is 2. The summed E-state index contributed by atoms with van der Waals surface area (Å²) in [5.74, 6) is -0.330. The molecule has 0 radical (unpaired) electrons. The van der Waals surface area contributed by atoms with Gasteiger partial charge < -0.3 is 18.9 Å². The Morgan fingerprint density at radius 2 is 1.12 bits per heavy atom. The van der Waals surface area contributed by atoms with Gasteiger partial charge in [-0.15, -0.1) is 0 Å². The van der Waals surface area contributed by atoms with Crippen LogP contribution in [-0.4, -0.2) is 75.6 Å². The van der Waals surface area contributed by atoms with E-state index in [1.807, 2.05) is 21.1 Å². The van der Waals surface area contributed by atoms with Gasteiger partial charge in [0.05, 0.1) is 34.4 Å². The fraction of sp³-hybridized carbons (Fsp3) is 0.969. The number of unbranched alkanes of at least 4 members (excludes halogenated alkanes) is 17. The first-order valence-corrected chi connectivity index (χ1v) is 18.3. The van der Waals surface area contributed by atoms with Crippen LogP contribution in [0.25, 0.3) is 0 Å². The van der Waals surface area contributed by atoms with Gasteiger partial charge in [-0.25, -0.2) is 4.57 Å². The van der Waals surface area contributed by atoms with Crippen molar-refractivity contribution in [1.82, 2.24) is 0 Å². The summed E-state index contributed by atoms with van der Waals surface area (Å²) in [5.41, 5.74) is 0. The zero-order chi connectivity index (χ0) is 30.7. The molecule has 1 N–H and O–H groups in total. The van der Waals surface area contributed by atoms with E-state index in [-0.39, 0.29) is 25.8 Å². The number of esters is 1. The largest absolute Gasteiger partial charge is 0.472 e. The first kappa shape index (κ1) is 40.5. The van der Waals surface area contributed by atoms with E-state index in [1.165, 1.54) is 83.5 Å². The van der Waals surface area contributed by atoms with Crippen LogP contribution in [0.2, 0.25) is 0 Å². The zero-order valence-corrected chi connectivity index (χ0v) is 28.4. The first-order chi connectivity index (χ1) is 19.6. The zero-order valence-electron chi connectivity index (χ0n) is 27.5. The minimum atomic E-state index is -4.24. The number of phosphoric ester groups is 1. The molecule has 0 aromatic rings. The average molecular weight is 609 g/mol. The quantitative estimate of drug-likeness (QED) is 0.0365. The van der Waals surface area contributed by atoms with E-state index in [4.69, 9.17) is 18.5 Å². The van der Waals surface area contributed by atoms with Crippen molar-refractivity contribution >= 4 is 13.8 Å². The highest BCUT2D eigenvalue weighted by Gasteiger charge is 2.26. The molecule has 8 nitrogen and oxygen atoms in total. The fourth-order valence-corrected chi connectivity index (χ4v) is 5.23. The Morgan fingerprint density at radius 3 is 1.61 bits per heavy atom. The van der Waals surface area contributed by atoms with E-state index in [1.54, 1.807) is 0 Å². The predicted octanol–water partition coefficient (Wildman–Crippen LogP) is 8.60. The number of quaternary nitrogens is 1. The fourth-order valence-electron chi connectivity index (χ4n) is 4.49. The lowest BCUT2D eigenvalue weighted by atomic mass is 10.0. The van der Waals surface area contributed by atoms with E-state index in [9.17, 15) is 14.3 Å². The topological polar surface area (TPSA) is 91.3 Å². The molecule has 0 rings (SSSR count). The summed E-state index contributed by atoms with van der Waals surface area (Å²) >= 11 is 0. The number of carbonyl (C=O) groups is 1. The van der Waals surface area contributed by atoms with Crippen LogP contribution >= 0.6 is 7.82 Å². The smallest absolute Gasteiger partial charge is 0.457 e. The van der Waals surface area contributed by atoms with Gasteiger partial charge in [0.25, 0.3) is 0 Å². The van der Waals surface area contributed by atoms with Crippen LogP contribution in [0.3, 0.4) is 0 Å². The highest BCUT2D eigenvalue weighted by atomic mass is 31.2. The molecule has 0 aliphatic rings.